The Hall–Kier alpha value is -0.860. The van der Waals surface area contributed by atoms with Gasteiger partial charge in [0.25, 0.3) is 0 Å². The van der Waals surface area contributed by atoms with Crippen molar-refractivity contribution in [3.63, 3.8) is 0 Å². The highest BCUT2D eigenvalue weighted by Gasteiger charge is 2.08. The van der Waals surface area contributed by atoms with Gasteiger partial charge in [0.1, 0.15) is 0 Å². The molecular weight excluding hydrogens is 212 g/mol. The van der Waals surface area contributed by atoms with Crippen LogP contribution in [-0.4, -0.2) is 17.8 Å². The Bertz CT molecular complexity index is 272. The lowest BCUT2D eigenvalue weighted by Gasteiger charge is -2.16. The maximum atomic E-state index is 9.01. The topological polar surface area (TPSA) is 29.5 Å². The smallest absolute Gasteiger partial charge is 0.0720 e. The fourth-order valence-corrected chi connectivity index (χ4v) is 1.87. The van der Waals surface area contributed by atoms with Crippen LogP contribution in [0.25, 0.3) is 0 Å². The van der Waals surface area contributed by atoms with Gasteiger partial charge in [-0.1, -0.05) is 56.5 Å². The number of benzene rings is 1. The first kappa shape index (κ1) is 14.2. The van der Waals surface area contributed by atoms with Gasteiger partial charge in [0, 0.05) is 6.61 Å². The summed E-state index contributed by atoms with van der Waals surface area (Å²) in [7, 11) is 0. The van der Waals surface area contributed by atoms with Crippen LogP contribution < -0.4 is 0 Å². The van der Waals surface area contributed by atoms with E-state index in [1.165, 1.54) is 24.8 Å². The number of aliphatic hydroxyl groups is 1. The number of hydrogen-bond donors (Lipinski definition) is 1. The minimum atomic E-state index is 0.201. The molecule has 0 bridgehead atoms. The van der Waals surface area contributed by atoms with Crippen LogP contribution in [0.5, 0.6) is 0 Å². The van der Waals surface area contributed by atoms with Crippen LogP contribution in [0.2, 0.25) is 0 Å². The van der Waals surface area contributed by atoms with Crippen LogP contribution in [0.1, 0.15) is 44.6 Å². The first-order valence-electron chi connectivity index (χ1n) is 6.63. The SMILES string of the molecule is CCCCC[C@@H](CCO)OCc1ccccc1. The van der Waals surface area contributed by atoms with E-state index in [1.807, 2.05) is 18.2 Å². The van der Waals surface area contributed by atoms with Gasteiger partial charge in [-0.05, 0) is 18.4 Å². The summed E-state index contributed by atoms with van der Waals surface area (Å²) in [5.74, 6) is 0. The second kappa shape index (κ2) is 9.20. The van der Waals surface area contributed by atoms with Crippen molar-refractivity contribution in [2.24, 2.45) is 0 Å². The van der Waals surface area contributed by atoms with E-state index in [9.17, 15) is 0 Å². The number of hydrogen-bond acceptors (Lipinski definition) is 2. The zero-order valence-electron chi connectivity index (χ0n) is 10.8. The first-order chi connectivity index (χ1) is 8.36. The van der Waals surface area contributed by atoms with Crippen LogP contribution in [0.3, 0.4) is 0 Å². The molecule has 0 aromatic heterocycles. The summed E-state index contributed by atoms with van der Waals surface area (Å²) >= 11 is 0. The molecule has 0 spiro atoms. The lowest BCUT2D eigenvalue weighted by molar-refractivity contribution is 0.0175. The lowest BCUT2D eigenvalue weighted by Crippen LogP contribution is -2.14. The van der Waals surface area contributed by atoms with E-state index < -0.39 is 0 Å². The molecule has 2 nitrogen and oxygen atoms in total. The maximum Gasteiger partial charge on any atom is 0.0720 e. The molecule has 1 rings (SSSR count). The molecule has 0 aliphatic rings. The molecule has 0 fully saturated rings. The molecule has 0 unspecified atom stereocenters. The molecule has 1 aromatic carbocycles. The average Bonchev–Trinajstić information content (AvgIpc) is 2.37. The molecule has 2 heteroatoms. The van der Waals surface area contributed by atoms with Gasteiger partial charge in [0.05, 0.1) is 12.7 Å². The highest BCUT2D eigenvalue weighted by atomic mass is 16.5. The molecule has 0 heterocycles. The Morgan fingerprint density at radius 1 is 1.12 bits per heavy atom. The molecule has 0 aliphatic carbocycles. The summed E-state index contributed by atoms with van der Waals surface area (Å²) in [6.07, 6.45) is 5.67. The van der Waals surface area contributed by atoms with Crippen molar-refractivity contribution < 1.29 is 9.84 Å². The van der Waals surface area contributed by atoms with Crippen molar-refractivity contribution in [2.45, 2.75) is 51.7 Å². The third kappa shape index (κ3) is 6.44. The van der Waals surface area contributed by atoms with Gasteiger partial charge < -0.3 is 9.84 Å². The predicted molar refractivity (Wildman–Crippen MR) is 70.9 cm³/mol. The Morgan fingerprint density at radius 2 is 1.88 bits per heavy atom. The molecule has 0 saturated heterocycles. The molecule has 1 atom stereocenters. The third-order valence-electron chi connectivity index (χ3n) is 2.91. The van der Waals surface area contributed by atoms with Crippen LogP contribution >= 0.6 is 0 Å². The van der Waals surface area contributed by atoms with Gasteiger partial charge in [0.15, 0.2) is 0 Å². The highest BCUT2D eigenvalue weighted by Crippen LogP contribution is 2.12. The van der Waals surface area contributed by atoms with E-state index in [1.54, 1.807) is 0 Å². The van der Waals surface area contributed by atoms with Crippen LogP contribution in [-0.2, 0) is 11.3 Å². The fourth-order valence-electron chi connectivity index (χ4n) is 1.87. The summed E-state index contributed by atoms with van der Waals surface area (Å²) < 4.78 is 5.86. The normalized spacial score (nSPS) is 12.6. The van der Waals surface area contributed by atoms with E-state index in [4.69, 9.17) is 9.84 Å². The monoisotopic (exact) mass is 236 g/mol. The van der Waals surface area contributed by atoms with Gasteiger partial charge >= 0.3 is 0 Å². The first-order valence-corrected chi connectivity index (χ1v) is 6.63. The molecule has 0 radical (unpaired) electrons. The van der Waals surface area contributed by atoms with Gasteiger partial charge in [0.2, 0.25) is 0 Å². The van der Waals surface area contributed by atoms with Gasteiger partial charge in [-0.25, -0.2) is 0 Å². The zero-order valence-corrected chi connectivity index (χ0v) is 10.8. The molecular formula is C15H24O2. The summed E-state index contributed by atoms with van der Waals surface area (Å²) in [4.78, 5) is 0. The van der Waals surface area contributed by atoms with E-state index in [-0.39, 0.29) is 12.7 Å². The van der Waals surface area contributed by atoms with Crippen LogP contribution in [0, 0.1) is 0 Å². The highest BCUT2D eigenvalue weighted by molar-refractivity contribution is 5.13. The molecule has 96 valence electrons. The number of rotatable bonds is 9. The number of unbranched alkanes of at least 4 members (excludes halogenated alkanes) is 2. The Balaban J connectivity index is 2.28. The van der Waals surface area contributed by atoms with E-state index in [2.05, 4.69) is 19.1 Å². The third-order valence-corrected chi connectivity index (χ3v) is 2.91. The quantitative estimate of drug-likeness (QED) is 0.665. The van der Waals surface area contributed by atoms with Crippen molar-refractivity contribution in [3.8, 4) is 0 Å². The van der Waals surface area contributed by atoms with Gasteiger partial charge in [-0.3, -0.25) is 0 Å². The summed E-state index contributed by atoms with van der Waals surface area (Å²) in [5.41, 5.74) is 1.20. The second-order valence-electron chi connectivity index (χ2n) is 4.43. The molecule has 1 aromatic rings. The minimum Gasteiger partial charge on any atom is -0.396 e. The van der Waals surface area contributed by atoms with Gasteiger partial charge in [-0.15, -0.1) is 0 Å². The Morgan fingerprint density at radius 3 is 2.53 bits per heavy atom. The van der Waals surface area contributed by atoms with Crippen molar-refractivity contribution >= 4 is 0 Å². The number of aliphatic hydroxyl groups excluding tert-OH is 1. The summed E-state index contributed by atoms with van der Waals surface area (Å²) in [6, 6.07) is 10.2. The van der Waals surface area contributed by atoms with Crippen molar-refractivity contribution in [3.05, 3.63) is 35.9 Å². The standard InChI is InChI=1S/C15H24O2/c1-2-3-5-10-15(11-12-16)17-13-14-8-6-4-7-9-14/h4,6-9,15-16H,2-3,5,10-13H2,1H3/t15-/m0/s1. The van der Waals surface area contributed by atoms with Gasteiger partial charge in [-0.2, -0.15) is 0 Å². The molecule has 17 heavy (non-hydrogen) atoms. The summed E-state index contributed by atoms with van der Waals surface area (Å²) in [6.45, 7) is 3.06. The minimum absolute atomic E-state index is 0.201. The molecule has 0 saturated carbocycles. The average molecular weight is 236 g/mol. The Labute approximate surface area is 105 Å². The van der Waals surface area contributed by atoms with Crippen molar-refractivity contribution in [2.75, 3.05) is 6.61 Å². The lowest BCUT2D eigenvalue weighted by atomic mass is 10.1. The number of ether oxygens (including phenoxy) is 1. The van der Waals surface area contributed by atoms with Crippen molar-refractivity contribution in [1.29, 1.82) is 0 Å². The van der Waals surface area contributed by atoms with Crippen LogP contribution in [0.4, 0.5) is 0 Å². The zero-order chi connectivity index (χ0) is 12.3. The fraction of sp³-hybridized carbons (Fsp3) is 0.600. The largest absolute Gasteiger partial charge is 0.396 e. The van der Waals surface area contributed by atoms with E-state index >= 15 is 0 Å². The predicted octanol–water partition coefficient (Wildman–Crippen LogP) is 3.53. The second-order valence-corrected chi connectivity index (χ2v) is 4.43. The van der Waals surface area contributed by atoms with Crippen molar-refractivity contribution in [1.82, 2.24) is 0 Å². The van der Waals surface area contributed by atoms with E-state index in [0.717, 1.165) is 12.8 Å². The summed E-state index contributed by atoms with van der Waals surface area (Å²) in [5, 5.41) is 9.01. The molecule has 1 N–H and O–H groups in total. The Kier molecular flexibility index (Phi) is 7.69. The van der Waals surface area contributed by atoms with Crippen LogP contribution in [0.15, 0.2) is 30.3 Å². The molecule has 0 amide bonds. The van der Waals surface area contributed by atoms with E-state index in [0.29, 0.717) is 6.61 Å². The molecule has 0 aliphatic heterocycles. The maximum absolute atomic E-state index is 9.01.